The molecule has 10 heteroatoms. The minimum absolute atomic E-state index is 0.00356. The van der Waals surface area contributed by atoms with Gasteiger partial charge in [0.1, 0.15) is 10.6 Å². The molecule has 0 unspecified atom stereocenters. The summed E-state index contributed by atoms with van der Waals surface area (Å²) in [5.74, 6) is 0.691. The Kier molecular flexibility index (Phi) is 6.34. The average Bonchev–Trinajstić information content (AvgIpc) is 2.70. The highest BCUT2D eigenvalue weighted by Crippen LogP contribution is 2.31. The van der Waals surface area contributed by atoms with E-state index < -0.39 is 10.0 Å². The monoisotopic (exact) mass is 443 g/mol. The first kappa shape index (κ1) is 20.7. The number of amides is 2. The molecule has 1 aliphatic heterocycles. The average molecular weight is 444 g/mol. The minimum atomic E-state index is -3.79. The molecule has 1 aliphatic rings. The van der Waals surface area contributed by atoms with Crippen LogP contribution in [0.4, 0.5) is 10.5 Å². The van der Waals surface area contributed by atoms with E-state index in [1.807, 2.05) is 0 Å². The first-order valence-electron chi connectivity index (χ1n) is 8.47. The maximum atomic E-state index is 12.8. The second-order valence-corrected chi connectivity index (χ2v) is 8.79. The van der Waals surface area contributed by atoms with Crippen LogP contribution < -0.4 is 10.1 Å². The van der Waals surface area contributed by atoms with E-state index in [4.69, 9.17) is 27.9 Å². The quantitative estimate of drug-likeness (QED) is 0.783. The number of ether oxygens (including phenoxy) is 1. The van der Waals surface area contributed by atoms with Crippen LogP contribution in [0.5, 0.6) is 5.75 Å². The first-order valence-corrected chi connectivity index (χ1v) is 10.7. The van der Waals surface area contributed by atoms with Gasteiger partial charge in [-0.15, -0.1) is 0 Å². The van der Waals surface area contributed by atoms with Crippen LogP contribution in [0.1, 0.15) is 0 Å². The molecule has 0 bridgehead atoms. The standard InChI is InChI=1S/C18H19Cl2N3O4S/c1-27-14-7-5-13(6-8-14)21-18(24)22-9-11-23(12-10-22)28(25,26)16-4-2-3-15(19)17(16)20/h2-8H,9-12H2,1H3,(H,21,24). The van der Waals surface area contributed by atoms with Gasteiger partial charge in [-0.1, -0.05) is 29.3 Å². The zero-order valence-corrected chi connectivity index (χ0v) is 17.4. The highest BCUT2D eigenvalue weighted by Gasteiger charge is 2.32. The predicted molar refractivity (Wildman–Crippen MR) is 109 cm³/mol. The number of sulfonamides is 1. The number of nitrogens with zero attached hydrogens (tertiary/aromatic N) is 2. The van der Waals surface area contributed by atoms with Gasteiger partial charge < -0.3 is 15.0 Å². The molecule has 2 aromatic rings. The number of hydrogen-bond donors (Lipinski definition) is 1. The van der Waals surface area contributed by atoms with Crippen LogP contribution in [-0.2, 0) is 10.0 Å². The zero-order chi connectivity index (χ0) is 20.3. The van der Waals surface area contributed by atoms with Crippen molar-refractivity contribution in [3.8, 4) is 5.75 Å². The number of nitrogens with one attached hydrogen (secondary N) is 1. The van der Waals surface area contributed by atoms with Gasteiger partial charge in [0, 0.05) is 31.9 Å². The normalized spacial score (nSPS) is 15.3. The Labute approximate surface area is 173 Å². The van der Waals surface area contributed by atoms with Gasteiger partial charge >= 0.3 is 6.03 Å². The number of benzene rings is 2. The van der Waals surface area contributed by atoms with Crippen LogP contribution in [0, 0.1) is 0 Å². The number of carbonyl (C=O) groups is 1. The van der Waals surface area contributed by atoms with E-state index in [2.05, 4.69) is 5.32 Å². The Bertz CT molecular complexity index is 959. The van der Waals surface area contributed by atoms with E-state index >= 15 is 0 Å². The molecular formula is C18H19Cl2N3O4S. The molecule has 7 nitrogen and oxygen atoms in total. The van der Waals surface area contributed by atoms with Gasteiger partial charge in [0.05, 0.1) is 17.2 Å². The highest BCUT2D eigenvalue weighted by atomic mass is 35.5. The molecular weight excluding hydrogens is 425 g/mol. The van der Waals surface area contributed by atoms with Crippen molar-refractivity contribution in [2.75, 3.05) is 38.6 Å². The molecule has 150 valence electrons. The van der Waals surface area contributed by atoms with Gasteiger partial charge in [0.2, 0.25) is 10.0 Å². The molecule has 3 rings (SSSR count). The fourth-order valence-electron chi connectivity index (χ4n) is 2.83. The van der Waals surface area contributed by atoms with Gasteiger partial charge in [-0.3, -0.25) is 0 Å². The number of halogens is 2. The Morgan fingerprint density at radius 1 is 1.04 bits per heavy atom. The number of rotatable bonds is 4. The van der Waals surface area contributed by atoms with Crippen LogP contribution in [-0.4, -0.2) is 56.9 Å². The molecule has 0 spiro atoms. The summed E-state index contributed by atoms with van der Waals surface area (Å²) < 4.78 is 32.1. The summed E-state index contributed by atoms with van der Waals surface area (Å²) in [6.07, 6.45) is 0. The Morgan fingerprint density at radius 2 is 1.68 bits per heavy atom. The van der Waals surface area contributed by atoms with E-state index in [1.165, 1.54) is 16.4 Å². The number of hydrogen-bond acceptors (Lipinski definition) is 4. The van der Waals surface area contributed by atoms with Gasteiger partial charge in [0.15, 0.2) is 0 Å². The SMILES string of the molecule is COc1ccc(NC(=O)N2CCN(S(=O)(=O)c3cccc(Cl)c3Cl)CC2)cc1. The number of urea groups is 1. The van der Waals surface area contributed by atoms with Crippen molar-refractivity contribution in [1.82, 2.24) is 9.21 Å². The maximum absolute atomic E-state index is 12.8. The summed E-state index contributed by atoms with van der Waals surface area (Å²) in [4.78, 5) is 14.0. The van der Waals surface area contributed by atoms with Crippen molar-refractivity contribution in [3.05, 3.63) is 52.5 Å². The molecule has 28 heavy (non-hydrogen) atoms. The van der Waals surface area contributed by atoms with E-state index in [0.29, 0.717) is 11.4 Å². The van der Waals surface area contributed by atoms with Crippen LogP contribution in [0.2, 0.25) is 10.0 Å². The topological polar surface area (TPSA) is 79.0 Å². The van der Waals surface area contributed by atoms with E-state index in [0.717, 1.165) is 0 Å². The van der Waals surface area contributed by atoms with Crippen LogP contribution in [0.15, 0.2) is 47.4 Å². The van der Waals surface area contributed by atoms with Crippen molar-refractivity contribution < 1.29 is 17.9 Å². The smallest absolute Gasteiger partial charge is 0.321 e. The van der Waals surface area contributed by atoms with E-state index in [1.54, 1.807) is 42.3 Å². The third-order valence-corrected chi connectivity index (χ3v) is 7.27. The molecule has 0 atom stereocenters. The van der Waals surface area contributed by atoms with Gasteiger partial charge in [-0.2, -0.15) is 4.31 Å². The molecule has 0 radical (unpaired) electrons. The number of piperazine rings is 1. The predicted octanol–water partition coefficient (Wildman–Crippen LogP) is 3.54. The van der Waals surface area contributed by atoms with Crippen molar-refractivity contribution in [1.29, 1.82) is 0 Å². The molecule has 1 saturated heterocycles. The maximum Gasteiger partial charge on any atom is 0.321 e. The third kappa shape index (κ3) is 4.35. The largest absolute Gasteiger partial charge is 0.497 e. The summed E-state index contributed by atoms with van der Waals surface area (Å²) in [6, 6.07) is 11.2. The zero-order valence-electron chi connectivity index (χ0n) is 15.1. The molecule has 1 heterocycles. The number of anilines is 1. The summed E-state index contributed by atoms with van der Waals surface area (Å²) in [5, 5.41) is 2.97. The lowest BCUT2D eigenvalue weighted by Crippen LogP contribution is -2.51. The van der Waals surface area contributed by atoms with Gasteiger partial charge in [-0.25, -0.2) is 13.2 Å². The minimum Gasteiger partial charge on any atom is -0.497 e. The third-order valence-electron chi connectivity index (χ3n) is 4.40. The summed E-state index contributed by atoms with van der Waals surface area (Å²) in [7, 11) is -2.22. The fraction of sp³-hybridized carbons (Fsp3) is 0.278. The van der Waals surface area contributed by atoms with Crippen LogP contribution in [0.3, 0.4) is 0 Å². The molecule has 1 N–H and O–H groups in total. The second kappa shape index (κ2) is 8.57. The van der Waals surface area contributed by atoms with E-state index in [9.17, 15) is 13.2 Å². The van der Waals surface area contributed by atoms with E-state index in [-0.39, 0.29) is 47.2 Å². The summed E-state index contributed by atoms with van der Waals surface area (Å²) in [5.41, 5.74) is 0.631. The summed E-state index contributed by atoms with van der Waals surface area (Å²) >= 11 is 12.0. The van der Waals surface area contributed by atoms with Crippen molar-refractivity contribution in [2.45, 2.75) is 4.90 Å². The van der Waals surface area contributed by atoms with Crippen LogP contribution in [0.25, 0.3) is 0 Å². The molecule has 0 aromatic heterocycles. The number of methoxy groups -OCH3 is 1. The molecule has 2 amide bonds. The lowest BCUT2D eigenvalue weighted by molar-refractivity contribution is 0.184. The van der Waals surface area contributed by atoms with Crippen molar-refractivity contribution in [3.63, 3.8) is 0 Å². The van der Waals surface area contributed by atoms with Crippen molar-refractivity contribution >= 4 is 44.9 Å². The molecule has 2 aromatic carbocycles. The van der Waals surface area contributed by atoms with Gasteiger partial charge in [0.25, 0.3) is 0 Å². The Morgan fingerprint density at radius 3 is 2.29 bits per heavy atom. The highest BCUT2D eigenvalue weighted by molar-refractivity contribution is 7.89. The molecule has 0 saturated carbocycles. The van der Waals surface area contributed by atoms with Crippen LogP contribution >= 0.6 is 23.2 Å². The fourth-order valence-corrected chi connectivity index (χ4v) is 4.99. The second-order valence-electron chi connectivity index (χ2n) is 6.10. The first-order chi connectivity index (χ1) is 13.3. The van der Waals surface area contributed by atoms with Gasteiger partial charge in [-0.05, 0) is 36.4 Å². The number of carbonyl (C=O) groups excluding carboxylic acids is 1. The molecule has 0 aliphatic carbocycles. The lowest BCUT2D eigenvalue weighted by Gasteiger charge is -2.34. The lowest BCUT2D eigenvalue weighted by atomic mass is 10.3. The van der Waals surface area contributed by atoms with Crippen molar-refractivity contribution in [2.24, 2.45) is 0 Å². The molecule has 1 fully saturated rings. The summed E-state index contributed by atoms with van der Waals surface area (Å²) in [6.45, 7) is 0.862. The Hall–Kier alpha value is -2.00. The Balaban J connectivity index is 1.63.